The average Bonchev–Trinajstić information content (AvgIpc) is 3.27. The van der Waals surface area contributed by atoms with Gasteiger partial charge in [-0.2, -0.15) is 0 Å². The normalized spacial score (nSPS) is 11.4. The number of rotatable bonds is 37. The van der Waals surface area contributed by atoms with Crippen LogP contribution in [-0.4, -0.2) is 73.3 Å². The summed E-state index contributed by atoms with van der Waals surface area (Å²) in [5.41, 5.74) is 0.273. The van der Waals surface area contributed by atoms with Crippen molar-refractivity contribution in [2.45, 2.75) is 219 Å². The Hall–Kier alpha value is -2.00. The molecule has 0 heterocycles. The quantitative estimate of drug-likeness (QED) is 0.0382. The summed E-state index contributed by atoms with van der Waals surface area (Å²) in [7, 11) is 2.90. The van der Waals surface area contributed by atoms with Gasteiger partial charge in [0.1, 0.15) is 0 Å². The van der Waals surface area contributed by atoms with Gasteiger partial charge in [0.2, 0.25) is 0 Å². The molecule has 2 rings (SSSR count). The lowest BCUT2D eigenvalue weighted by Crippen LogP contribution is -2.50. The molecule has 0 radical (unpaired) electrons. The average molecular weight is 902 g/mol. The molecule has 0 saturated heterocycles. The number of carboxylic acid groups (broad SMARTS) is 2. The molecule has 0 aromatic heterocycles. The predicted octanol–water partition coefficient (Wildman–Crippen LogP) is 14.3. The summed E-state index contributed by atoms with van der Waals surface area (Å²) < 4.78 is 2.89. The molecule has 0 aliphatic rings. The van der Waals surface area contributed by atoms with Crippen LogP contribution in [0.5, 0.6) is 0 Å². The zero-order valence-corrected chi connectivity index (χ0v) is 43.2. The molecule has 0 amide bonds. The number of nitrogens with zero attached hydrogens (tertiary/aromatic N) is 2. The van der Waals surface area contributed by atoms with E-state index < -0.39 is 11.9 Å². The highest BCUT2D eigenvalue weighted by Crippen LogP contribution is 2.37. The molecule has 0 fully saturated rings. The Labute approximate surface area is 391 Å². The Morgan fingerprint density at radius 1 is 0.339 bits per heavy atom. The second kappa shape index (κ2) is 40.5. The Morgan fingerprint density at radius 2 is 0.516 bits per heavy atom. The number of aromatic carboxylic acids is 2. The molecular formula is C54H96N2O4S2. The van der Waals surface area contributed by atoms with Gasteiger partial charge in [0, 0.05) is 9.79 Å². The first-order valence-electron chi connectivity index (χ1n) is 25.7. The van der Waals surface area contributed by atoms with E-state index in [1.807, 2.05) is 0 Å². The lowest BCUT2D eigenvalue weighted by Gasteiger charge is -2.39. The maximum Gasteiger partial charge on any atom is 0.0786 e. The van der Waals surface area contributed by atoms with Gasteiger partial charge < -0.3 is 28.8 Å². The molecule has 0 spiro atoms. The molecule has 0 bridgehead atoms. The Balaban J connectivity index is 0.000000900. The molecule has 62 heavy (non-hydrogen) atoms. The number of hydrogen-bond acceptors (Lipinski definition) is 6. The van der Waals surface area contributed by atoms with Crippen LogP contribution >= 0.6 is 21.6 Å². The van der Waals surface area contributed by atoms with Gasteiger partial charge in [-0.25, -0.2) is 0 Å². The van der Waals surface area contributed by atoms with Crippen molar-refractivity contribution in [3.8, 4) is 0 Å². The van der Waals surface area contributed by atoms with Crippen LogP contribution in [0.3, 0.4) is 0 Å². The molecule has 0 aliphatic heterocycles. The van der Waals surface area contributed by atoms with E-state index in [0.29, 0.717) is 0 Å². The van der Waals surface area contributed by atoms with Gasteiger partial charge in [-0.05, 0) is 138 Å². The van der Waals surface area contributed by atoms with Crippen molar-refractivity contribution in [1.29, 1.82) is 0 Å². The zero-order chi connectivity index (χ0) is 46.2. The van der Waals surface area contributed by atoms with Crippen molar-refractivity contribution in [2.24, 2.45) is 0 Å². The standard InChI is InChI=1S/2C20H44N.C14H10O4S2/c2*1-5-9-13-17-21(18-14-10-6-2,19-15-11-7-3)20-16-12-8-4;15-13(16)9-1-5-11(6-2-9)19-20-12-7-3-10(4-8-12)14(17)18/h2*5-20H2,1-4H3;1-8H,(H,15,16)(H,17,18)/q2*+1;/p-2. The molecule has 0 unspecified atom stereocenters. The Kier molecular flexibility index (Phi) is 39.2. The Morgan fingerprint density at radius 3 is 0.661 bits per heavy atom. The highest BCUT2D eigenvalue weighted by Gasteiger charge is 2.26. The second-order valence-corrected chi connectivity index (χ2v) is 20.2. The fourth-order valence-electron chi connectivity index (χ4n) is 8.31. The minimum absolute atomic E-state index is 0.137. The summed E-state index contributed by atoms with van der Waals surface area (Å²) in [5.74, 6) is -2.40. The van der Waals surface area contributed by atoms with Crippen molar-refractivity contribution in [3.05, 3.63) is 59.7 Å². The molecule has 6 nitrogen and oxygen atoms in total. The molecule has 8 heteroatoms. The summed E-state index contributed by atoms with van der Waals surface area (Å²) in [6, 6.07) is 12.7. The van der Waals surface area contributed by atoms with E-state index >= 15 is 0 Å². The summed E-state index contributed by atoms with van der Waals surface area (Å²) in [6.45, 7) is 30.3. The molecule has 2 aromatic rings. The van der Waals surface area contributed by atoms with Crippen LogP contribution in [0.25, 0.3) is 0 Å². The third-order valence-corrected chi connectivity index (χ3v) is 14.7. The van der Waals surface area contributed by atoms with Crippen LogP contribution < -0.4 is 10.2 Å². The van der Waals surface area contributed by atoms with Gasteiger partial charge in [-0.3, -0.25) is 0 Å². The van der Waals surface area contributed by atoms with Crippen molar-refractivity contribution in [3.63, 3.8) is 0 Å². The van der Waals surface area contributed by atoms with Gasteiger partial charge in [-0.1, -0.05) is 153 Å². The SMILES string of the molecule is CCCCC[N+](CCCCC)(CCCCC)CCCCC.CCCCC[N+](CCCCC)(CCCCC)CCCCC.O=C([O-])c1ccc(SSc2ccc(C(=O)[O-])cc2)cc1. The Bertz CT molecular complexity index is 1130. The molecule has 2 aromatic carbocycles. The maximum absolute atomic E-state index is 10.6. The first kappa shape index (κ1) is 60.0. The van der Waals surface area contributed by atoms with Gasteiger partial charge in [0.25, 0.3) is 0 Å². The minimum atomic E-state index is -1.20. The van der Waals surface area contributed by atoms with E-state index in [0.717, 1.165) is 9.79 Å². The number of benzene rings is 2. The molecular weight excluding hydrogens is 805 g/mol. The number of carboxylic acids is 2. The van der Waals surface area contributed by atoms with Crippen molar-refractivity contribution < 1.29 is 28.8 Å². The van der Waals surface area contributed by atoms with Crippen LogP contribution in [0.1, 0.15) is 230 Å². The topological polar surface area (TPSA) is 80.3 Å². The van der Waals surface area contributed by atoms with Crippen LogP contribution in [0.2, 0.25) is 0 Å². The molecule has 0 atom stereocenters. The van der Waals surface area contributed by atoms with Gasteiger partial charge >= 0.3 is 0 Å². The van der Waals surface area contributed by atoms with E-state index in [2.05, 4.69) is 55.4 Å². The highest BCUT2D eigenvalue weighted by atomic mass is 33.1. The van der Waals surface area contributed by atoms with E-state index in [1.54, 1.807) is 24.3 Å². The maximum atomic E-state index is 10.6. The number of quaternary nitrogens is 2. The summed E-state index contributed by atoms with van der Waals surface area (Å²) in [6.07, 6.45) is 33.8. The molecule has 0 aliphatic carbocycles. The number of hydrogen-bond donors (Lipinski definition) is 0. The molecule has 0 saturated carbocycles. The first-order valence-corrected chi connectivity index (χ1v) is 27.9. The van der Waals surface area contributed by atoms with E-state index in [-0.39, 0.29) is 11.1 Å². The number of carbonyl (C=O) groups excluding carboxylic acids is 2. The minimum Gasteiger partial charge on any atom is -0.545 e. The van der Waals surface area contributed by atoms with Crippen molar-refractivity contribution in [1.82, 2.24) is 0 Å². The van der Waals surface area contributed by atoms with Gasteiger partial charge in [0.15, 0.2) is 0 Å². The summed E-state index contributed by atoms with van der Waals surface area (Å²) in [4.78, 5) is 23.0. The van der Waals surface area contributed by atoms with E-state index in [4.69, 9.17) is 0 Å². The van der Waals surface area contributed by atoms with Crippen LogP contribution in [-0.2, 0) is 0 Å². The lowest BCUT2D eigenvalue weighted by atomic mass is 10.1. The van der Waals surface area contributed by atoms with Crippen LogP contribution in [0.15, 0.2) is 58.3 Å². The van der Waals surface area contributed by atoms with E-state index in [1.165, 1.54) is 261 Å². The second-order valence-electron chi connectivity index (χ2n) is 17.9. The van der Waals surface area contributed by atoms with Gasteiger partial charge in [0.05, 0.1) is 64.3 Å². The molecule has 358 valence electrons. The smallest absolute Gasteiger partial charge is 0.0786 e. The lowest BCUT2D eigenvalue weighted by molar-refractivity contribution is -0.929. The predicted molar refractivity (Wildman–Crippen MR) is 269 cm³/mol. The monoisotopic (exact) mass is 901 g/mol. The largest absolute Gasteiger partial charge is 0.545 e. The third kappa shape index (κ3) is 30.2. The summed E-state index contributed by atoms with van der Waals surface area (Å²) in [5, 5.41) is 21.2. The molecule has 0 N–H and O–H groups in total. The third-order valence-electron chi connectivity index (χ3n) is 12.3. The van der Waals surface area contributed by atoms with Crippen molar-refractivity contribution >= 4 is 33.5 Å². The number of carbonyl (C=O) groups is 2. The van der Waals surface area contributed by atoms with Gasteiger partial charge in [-0.15, -0.1) is 0 Å². The summed E-state index contributed by atoms with van der Waals surface area (Å²) >= 11 is 0. The highest BCUT2D eigenvalue weighted by molar-refractivity contribution is 8.76. The van der Waals surface area contributed by atoms with Crippen molar-refractivity contribution in [2.75, 3.05) is 52.4 Å². The zero-order valence-electron chi connectivity index (χ0n) is 41.6. The van der Waals surface area contributed by atoms with E-state index in [9.17, 15) is 19.8 Å². The van der Waals surface area contributed by atoms with Crippen LogP contribution in [0, 0.1) is 0 Å². The van der Waals surface area contributed by atoms with Crippen LogP contribution in [0.4, 0.5) is 0 Å². The first-order chi connectivity index (χ1) is 30.0. The fraction of sp³-hybridized carbons (Fsp3) is 0.741. The number of unbranched alkanes of at least 4 members (excludes halogenated alkanes) is 16. The fourth-order valence-corrected chi connectivity index (χ4v) is 10.2.